The van der Waals surface area contributed by atoms with Crippen LogP contribution in [0, 0.1) is 0 Å². The number of fused-ring (bicyclic) bond motifs is 2. The van der Waals surface area contributed by atoms with Gasteiger partial charge in [-0.2, -0.15) is 0 Å². The third kappa shape index (κ3) is 1.78. The van der Waals surface area contributed by atoms with Gasteiger partial charge in [-0.05, 0) is 41.3 Å². The van der Waals surface area contributed by atoms with Gasteiger partial charge in [-0.3, -0.25) is 4.79 Å². The molecule has 0 aliphatic carbocycles. The average Bonchev–Trinajstić information content (AvgIpc) is 2.92. The summed E-state index contributed by atoms with van der Waals surface area (Å²) in [4.78, 5) is 14.8. The molecule has 2 bridgehead atoms. The largest absolute Gasteiger partial charge is 0.373 e. The first-order valence-corrected chi connectivity index (χ1v) is 6.32. The molecule has 1 amide bonds. The van der Waals surface area contributed by atoms with Gasteiger partial charge >= 0.3 is 0 Å². The zero-order valence-corrected chi connectivity index (χ0v) is 10.3. The van der Waals surface area contributed by atoms with E-state index in [-0.39, 0.29) is 18.1 Å². The standard InChI is InChI=1S/C11H13BrN2O2/c12-6-3-9(13-5-6)11(15)14-8-4-7-1-2-10(8)16-7/h3,5,7-8,10,13H,1-2,4H2,(H,14,15). The first-order chi connectivity index (χ1) is 7.72. The van der Waals surface area contributed by atoms with Gasteiger partial charge in [0.2, 0.25) is 0 Å². The number of rotatable bonds is 2. The predicted octanol–water partition coefficient (Wildman–Crippen LogP) is 1.83. The molecule has 2 aliphatic heterocycles. The summed E-state index contributed by atoms with van der Waals surface area (Å²) >= 11 is 3.31. The summed E-state index contributed by atoms with van der Waals surface area (Å²) in [5.41, 5.74) is 0.592. The third-order valence-electron chi connectivity index (χ3n) is 3.31. The van der Waals surface area contributed by atoms with Crippen molar-refractivity contribution in [1.29, 1.82) is 0 Å². The van der Waals surface area contributed by atoms with Gasteiger partial charge in [0.05, 0.1) is 18.2 Å². The molecule has 86 valence electrons. The van der Waals surface area contributed by atoms with Gasteiger partial charge in [-0.15, -0.1) is 0 Å². The molecule has 3 unspecified atom stereocenters. The third-order valence-corrected chi connectivity index (χ3v) is 3.77. The second kappa shape index (κ2) is 3.89. The maximum atomic E-state index is 11.9. The minimum absolute atomic E-state index is 0.0492. The Balaban J connectivity index is 1.65. The van der Waals surface area contributed by atoms with E-state index in [0.29, 0.717) is 11.8 Å². The number of hydrogen-bond acceptors (Lipinski definition) is 2. The quantitative estimate of drug-likeness (QED) is 0.871. The van der Waals surface area contributed by atoms with Crippen LogP contribution in [0.4, 0.5) is 0 Å². The number of hydrogen-bond donors (Lipinski definition) is 2. The molecule has 3 rings (SSSR count). The van der Waals surface area contributed by atoms with Crippen molar-refractivity contribution in [3.63, 3.8) is 0 Å². The van der Waals surface area contributed by atoms with E-state index in [4.69, 9.17) is 4.74 Å². The fourth-order valence-electron chi connectivity index (χ4n) is 2.53. The van der Waals surface area contributed by atoms with Crippen molar-refractivity contribution < 1.29 is 9.53 Å². The average molecular weight is 285 g/mol. The summed E-state index contributed by atoms with van der Waals surface area (Å²) < 4.78 is 6.58. The van der Waals surface area contributed by atoms with E-state index in [9.17, 15) is 4.79 Å². The molecule has 4 nitrogen and oxygen atoms in total. The van der Waals surface area contributed by atoms with Gasteiger partial charge in [-0.1, -0.05) is 0 Å². The molecule has 2 saturated heterocycles. The van der Waals surface area contributed by atoms with Gasteiger partial charge in [0, 0.05) is 10.7 Å². The molecule has 3 heterocycles. The van der Waals surface area contributed by atoms with Crippen LogP contribution in [0.25, 0.3) is 0 Å². The molecule has 16 heavy (non-hydrogen) atoms. The summed E-state index contributed by atoms with van der Waals surface area (Å²) in [6.07, 6.45) is 5.53. The number of carbonyl (C=O) groups excluding carboxylic acids is 1. The SMILES string of the molecule is O=C(NC1CC2CCC1O2)c1cc(Br)c[nH]1. The lowest BCUT2D eigenvalue weighted by atomic mass is 9.95. The molecule has 2 aliphatic rings. The maximum absolute atomic E-state index is 11.9. The van der Waals surface area contributed by atoms with E-state index in [1.165, 1.54) is 0 Å². The normalized spacial score (nSPS) is 31.9. The van der Waals surface area contributed by atoms with E-state index >= 15 is 0 Å². The smallest absolute Gasteiger partial charge is 0.268 e. The first-order valence-electron chi connectivity index (χ1n) is 5.52. The highest BCUT2D eigenvalue weighted by Gasteiger charge is 2.41. The molecule has 0 radical (unpaired) electrons. The molecule has 3 atom stereocenters. The Morgan fingerprint density at radius 2 is 2.44 bits per heavy atom. The van der Waals surface area contributed by atoms with Crippen LogP contribution in [-0.2, 0) is 4.74 Å². The summed E-state index contributed by atoms with van der Waals surface area (Å²) in [7, 11) is 0. The lowest BCUT2D eigenvalue weighted by molar-refractivity contribution is 0.0838. The summed E-state index contributed by atoms with van der Waals surface area (Å²) in [6.45, 7) is 0. The Morgan fingerprint density at radius 1 is 1.56 bits per heavy atom. The summed E-state index contributed by atoms with van der Waals surface area (Å²) in [5.74, 6) is -0.0492. The molecule has 0 saturated carbocycles. The van der Waals surface area contributed by atoms with Crippen LogP contribution in [0.5, 0.6) is 0 Å². The van der Waals surface area contributed by atoms with E-state index in [2.05, 4.69) is 26.2 Å². The zero-order valence-electron chi connectivity index (χ0n) is 8.70. The van der Waals surface area contributed by atoms with E-state index in [1.807, 2.05) is 0 Å². The highest BCUT2D eigenvalue weighted by atomic mass is 79.9. The fraction of sp³-hybridized carbons (Fsp3) is 0.545. The number of halogens is 1. The second-order valence-electron chi connectivity index (χ2n) is 4.42. The highest BCUT2D eigenvalue weighted by Crippen LogP contribution is 2.34. The number of aromatic amines is 1. The zero-order chi connectivity index (χ0) is 11.1. The Bertz CT molecular complexity index is 418. The highest BCUT2D eigenvalue weighted by molar-refractivity contribution is 9.10. The lowest BCUT2D eigenvalue weighted by Crippen LogP contribution is -2.41. The summed E-state index contributed by atoms with van der Waals surface area (Å²) in [6, 6.07) is 1.97. The van der Waals surface area contributed by atoms with E-state index in [1.54, 1.807) is 12.3 Å². The minimum Gasteiger partial charge on any atom is -0.373 e. The number of aromatic nitrogens is 1. The van der Waals surface area contributed by atoms with Crippen LogP contribution in [0.1, 0.15) is 29.8 Å². The first kappa shape index (κ1) is 10.4. The van der Waals surface area contributed by atoms with Crippen molar-refractivity contribution in [2.24, 2.45) is 0 Å². The Morgan fingerprint density at radius 3 is 3.00 bits per heavy atom. The van der Waals surface area contributed by atoms with Gasteiger partial charge in [0.25, 0.3) is 5.91 Å². The van der Waals surface area contributed by atoms with Crippen molar-refractivity contribution in [3.05, 3.63) is 22.4 Å². The molecule has 1 aromatic heterocycles. The molecule has 0 spiro atoms. The van der Waals surface area contributed by atoms with Crippen LogP contribution in [0.15, 0.2) is 16.7 Å². The van der Waals surface area contributed by atoms with Crippen molar-refractivity contribution in [2.75, 3.05) is 0 Å². The Hall–Kier alpha value is -0.810. The second-order valence-corrected chi connectivity index (χ2v) is 5.34. The molecule has 2 fully saturated rings. The number of ether oxygens (including phenoxy) is 1. The van der Waals surface area contributed by atoms with Crippen LogP contribution < -0.4 is 5.32 Å². The lowest BCUT2D eigenvalue weighted by Gasteiger charge is -2.19. The van der Waals surface area contributed by atoms with Gasteiger partial charge in [0.15, 0.2) is 0 Å². The number of amides is 1. The predicted molar refractivity (Wildman–Crippen MR) is 62.3 cm³/mol. The maximum Gasteiger partial charge on any atom is 0.268 e. The molecule has 1 aromatic rings. The molecular weight excluding hydrogens is 272 g/mol. The summed E-state index contributed by atoms with van der Waals surface area (Å²) in [5, 5.41) is 3.02. The fourth-order valence-corrected chi connectivity index (χ4v) is 2.88. The van der Waals surface area contributed by atoms with Crippen molar-refractivity contribution in [2.45, 2.75) is 37.5 Å². The van der Waals surface area contributed by atoms with Gasteiger partial charge in [0.1, 0.15) is 5.69 Å². The number of carbonyl (C=O) groups is 1. The van der Waals surface area contributed by atoms with Crippen molar-refractivity contribution >= 4 is 21.8 Å². The van der Waals surface area contributed by atoms with E-state index in [0.717, 1.165) is 23.7 Å². The van der Waals surface area contributed by atoms with Crippen LogP contribution in [0.3, 0.4) is 0 Å². The molecule has 5 heteroatoms. The van der Waals surface area contributed by atoms with Gasteiger partial charge < -0.3 is 15.0 Å². The topological polar surface area (TPSA) is 54.1 Å². The Kier molecular flexibility index (Phi) is 2.52. The molecular formula is C11H13BrN2O2. The van der Waals surface area contributed by atoms with E-state index < -0.39 is 0 Å². The van der Waals surface area contributed by atoms with Crippen LogP contribution >= 0.6 is 15.9 Å². The van der Waals surface area contributed by atoms with Crippen molar-refractivity contribution in [3.8, 4) is 0 Å². The van der Waals surface area contributed by atoms with Crippen LogP contribution in [-0.4, -0.2) is 29.1 Å². The van der Waals surface area contributed by atoms with Gasteiger partial charge in [-0.25, -0.2) is 0 Å². The monoisotopic (exact) mass is 284 g/mol. The minimum atomic E-state index is -0.0492. The number of H-pyrrole nitrogens is 1. The van der Waals surface area contributed by atoms with Crippen molar-refractivity contribution in [1.82, 2.24) is 10.3 Å². The number of nitrogens with one attached hydrogen (secondary N) is 2. The Labute approximate surface area is 102 Å². The molecule has 0 aromatic carbocycles. The molecule has 2 N–H and O–H groups in total. The van der Waals surface area contributed by atoms with Crippen LogP contribution in [0.2, 0.25) is 0 Å².